The number of carbonyl (C=O) groups excluding carboxylic acids is 1. The molecule has 4 nitrogen and oxygen atoms in total. The number of aryl methyl sites for hydroxylation is 2. The summed E-state index contributed by atoms with van der Waals surface area (Å²) in [5.74, 6) is -0.0726. The second-order valence-corrected chi connectivity index (χ2v) is 6.87. The lowest BCUT2D eigenvalue weighted by Gasteiger charge is -2.36. The number of anilines is 1. The molecule has 1 aromatic rings. The molecule has 2 atom stereocenters. The predicted molar refractivity (Wildman–Crippen MR) is 86.7 cm³/mol. The summed E-state index contributed by atoms with van der Waals surface area (Å²) in [5.41, 5.74) is 6.94. The molecule has 2 rings (SSSR count). The Labute approximate surface area is 131 Å². The SMILES string of the molecule is CCc1nc(NC(=O)C2CCCCC2(C)N)sc1C.Cl. The standard InChI is InChI=1S/C14H23N3OS.ClH/c1-4-11-9(2)19-13(16-11)17-12(18)10-7-5-6-8-14(10,3)15;/h10H,4-8,15H2,1-3H3,(H,16,17,18);1H. The molecule has 0 aliphatic heterocycles. The molecule has 2 unspecified atom stereocenters. The highest BCUT2D eigenvalue weighted by atomic mass is 35.5. The van der Waals surface area contributed by atoms with E-state index in [4.69, 9.17) is 5.73 Å². The molecule has 1 fully saturated rings. The number of carbonyl (C=O) groups is 1. The Bertz CT molecular complexity index is 473. The monoisotopic (exact) mass is 317 g/mol. The van der Waals surface area contributed by atoms with Crippen LogP contribution in [0.4, 0.5) is 5.13 Å². The van der Waals surface area contributed by atoms with Crippen LogP contribution in [0.1, 0.15) is 50.1 Å². The summed E-state index contributed by atoms with van der Waals surface area (Å²) in [6.45, 7) is 6.10. The minimum Gasteiger partial charge on any atom is -0.325 e. The summed E-state index contributed by atoms with van der Waals surface area (Å²) in [5, 5.41) is 3.66. The number of hydrogen-bond acceptors (Lipinski definition) is 4. The van der Waals surface area contributed by atoms with E-state index in [1.54, 1.807) is 11.3 Å². The first-order valence-corrected chi connectivity index (χ1v) is 7.81. The van der Waals surface area contributed by atoms with Gasteiger partial charge in [0.2, 0.25) is 5.91 Å². The zero-order valence-corrected chi connectivity index (χ0v) is 14.0. The van der Waals surface area contributed by atoms with E-state index in [1.807, 2.05) is 13.8 Å². The predicted octanol–water partition coefficient (Wildman–Crippen LogP) is 3.28. The van der Waals surface area contributed by atoms with Crippen LogP contribution in [0, 0.1) is 12.8 Å². The maximum Gasteiger partial charge on any atom is 0.231 e. The van der Waals surface area contributed by atoms with Gasteiger partial charge in [0.25, 0.3) is 0 Å². The maximum atomic E-state index is 12.4. The molecule has 1 amide bonds. The van der Waals surface area contributed by atoms with Crippen molar-refractivity contribution in [3.8, 4) is 0 Å². The highest BCUT2D eigenvalue weighted by molar-refractivity contribution is 7.15. The van der Waals surface area contributed by atoms with Crippen LogP contribution in [0.25, 0.3) is 0 Å². The third-order valence-electron chi connectivity index (χ3n) is 4.03. The fourth-order valence-corrected chi connectivity index (χ4v) is 3.70. The average molecular weight is 318 g/mol. The van der Waals surface area contributed by atoms with Gasteiger partial charge in [0.15, 0.2) is 5.13 Å². The highest BCUT2D eigenvalue weighted by Crippen LogP contribution is 2.33. The van der Waals surface area contributed by atoms with Gasteiger partial charge < -0.3 is 11.1 Å². The van der Waals surface area contributed by atoms with E-state index in [1.165, 1.54) is 4.88 Å². The van der Waals surface area contributed by atoms with Gasteiger partial charge in [0.05, 0.1) is 11.6 Å². The van der Waals surface area contributed by atoms with Crippen molar-refractivity contribution in [1.82, 2.24) is 4.98 Å². The Morgan fingerprint density at radius 2 is 2.25 bits per heavy atom. The minimum absolute atomic E-state index is 0. The number of amides is 1. The number of nitrogens with one attached hydrogen (secondary N) is 1. The van der Waals surface area contributed by atoms with Crippen molar-refractivity contribution in [1.29, 1.82) is 0 Å². The number of thiazole rings is 1. The van der Waals surface area contributed by atoms with Gasteiger partial charge in [-0.05, 0) is 33.1 Å². The van der Waals surface area contributed by atoms with E-state index >= 15 is 0 Å². The third-order valence-corrected chi connectivity index (χ3v) is 4.96. The van der Waals surface area contributed by atoms with Crippen LogP contribution in [0.5, 0.6) is 0 Å². The molecule has 1 saturated carbocycles. The molecule has 1 aliphatic rings. The summed E-state index contributed by atoms with van der Waals surface area (Å²) in [4.78, 5) is 18.0. The first-order valence-electron chi connectivity index (χ1n) is 7.00. The largest absolute Gasteiger partial charge is 0.325 e. The van der Waals surface area contributed by atoms with Crippen LogP contribution < -0.4 is 11.1 Å². The van der Waals surface area contributed by atoms with Crippen molar-refractivity contribution in [2.75, 3.05) is 5.32 Å². The van der Waals surface area contributed by atoms with E-state index < -0.39 is 0 Å². The minimum atomic E-state index is -0.387. The third kappa shape index (κ3) is 3.71. The number of hydrogen-bond donors (Lipinski definition) is 2. The Hall–Kier alpha value is -0.650. The molecular formula is C14H24ClN3OS. The number of nitrogens with two attached hydrogens (primary N) is 1. The summed E-state index contributed by atoms with van der Waals surface area (Å²) in [6, 6.07) is 0. The average Bonchev–Trinajstić information content (AvgIpc) is 2.68. The molecule has 0 spiro atoms. The lowest BCUT2D eigenvalue weighted by Crippen LogP contribution is -2.51. The maximum absolute atomic E-state index is 12.4. The number of halogens is 1. The number of nitrogens with zero attached hydrogens (tertiary/aromatic N) is 1. The Kier molecular flexibility index (Phi) is 5.98. The molecule has 1 heterocycles. The summed E-state index contributed by atoms with van der Waals surface area (Å²) in [7, 11) is 0. The lowest BCUT2D eigenvalue weighted by atomic mass is 9.74. The van der Waals surface area contributed by atoms with E-state index in [2.05, 4.69) is 17.2 Å². The molecule has 0 bridgehead atoms. The smallest absolute Gasteiger partial charge is 0.231 e. The molecule has 3 N–H and O–H groups in total. The zero-order chi connectivity index (χ0) is 14.0. The van der Waals surface area contributed by atoms with Crippen LogP contribution in [-0.2, 0) is 11.2 Å². The lowest BCUT2D eigenvalue weighted by molar-refractivity contribution is -0.122. The van der Waals surface area contributed by atoms with Gasteiger partial charge in [-0.1, -0.05) is 19.8 Å². The second kappa shape index (κ2) is 6.87. The Morgan fingerprint density at radius 1 is 1.55 bits per heavy atom. The second-order valence-electron chi connectivity index (χ2n) is 5.67. The normalized spacial score (nSPS) is 25.9. The van der Waals surface area contributed by atoms with Crippen molar-refractivity contribution in [2.45, 2.75) is 58.4 Å². The zero-order valence-electron chi connectivity index (χ0n) is 12.4. The van der Waals surface area contributed by atoms with Crippen molar-refractivity contribution < 1.29 is 4.79 Å². The summed E-state index contributed by atoms with van der Waals surface area (Å²) < 4.78 is 0. The molecule has 6 heteroatoms. The first-order chi connectivity index (χ1) is 8.94. The van der Waals surface area contributed by atoms with Gasteiger partial charge in [0, 0.05) is 10.4 Å². The molecule has 0 saturated heterocycles. The van der Waals surface area contributed by atoms with E-state index in [0.717, 1.165) is 37.8 Å². The molecule has 0 aromatic carbocycles. The van der Waals surface area contributed by atoms with Crippen LogP contribution in [0.15, 0.2) is 0 Å². The molecule has 20 heavy (non-hydrogen) atoms. The van der Waals surface area contributed by atoms with Crippen LogP contribution in [0.2, 0.25) is 0 Å². The van der Waals surface area contributed by atoms with Crippen molar-refractivity contribution in [3.63, 3.8) is 0 Å². The van der Waals surface area contributed by atoms with Gasteiger partial charge in [-0.2, -0.15) is 0 Å². The van der Waals surface area contributed by atoms with E-state index in [9.17, 15) is 4.79 Å². The van der Waals surface area contributed by atoms with Gasteiger partial charge >= 0.3 is 0 Å². The number of aromatic nitrogens is 1. The quantitative estimate of drug-likeness (QED) is 0.899. The van der Waals surface area contributed by atoms with Gasteiger partial charge in [0.1, 0.15) is 0 Å². The Balaban J connectivity index is 0.00000200. The highest BCUT2D eigenvalue weighted by Gasteiger charge is 2.38. The van der Waals surface area contributed by atoms with Crippen molar-refractivity contribution >= 4 is 34.8 Å². The van der Waals surface area contributed by atoms with Crippen LogP contribution in [-0.4, -0.2) is 16.4 Å². The molecule has 114 valence electrons. The summed E-state index contributed by atoms with van der Waals surface area (Å²) >= 11 is 1.55. The molecule has 0 radical (unpaired) electrons. The molecular weight excluding hydrogens is 294 g/mol. The van der Waals surface area contributed by atoms with Crippen LogP contribution in [0.3, 0.4) is 0 Å². The fraction of sp³-hybridized carbons (Fsp3) is 0.714. The first kappa shape index (κ1) is 17.4. The van der Waals surface area contributed by atoms with Crippen LogP contribution >= 0.6 is 23.7 Å². The van der Waals surface area contributed by atoms with Crippen molar-refractivity contribution in [3.05, 3.63) is 10.6 Å². The van der Waals surface area contributed by atoms with Gasteiger partial charge in [-0.25, -0.2) is 4.98 Å². The fourth-order valence-electron chi connectivity index (χ4n) is 2.79. The van der Waals surface area contributed by atoms with Gasteiger partial charge in [-0.3, -0.25) is 4.79 Å². The van der Waals surface area contributed by atoms with E-state index in [0.29, 0.717) is 5.13 Å². The number of rotatable bonds is 3. The molecule has 1 aliphatic carbocycles. The van der Waals surface area contributed by atoms with Crippen molar-refractivity contribution in [2.24, 2.45) is 11.7 Å². The van der Waals surface area contributed by atoms with Gasteiger partial charge in [-0.15, -0.1) is 23.7 Å². The summed E-state index contributed by atoms with van der Waals surface area (Å²) in [6.07, 6.45) is 4.90. The molecule has 1 aromatic heterocycles. The topological polar surface area (TPSA) is 68.0 Å². The Morgan fingerprint density at radius 3 is 2.80 bits per heavy atom. The van der Waals surface area contributed by atoms with E-state index in [-0.39, 0.29) is 29.8 Å².